The van der Waals surface area contributed by atoms with Crippen LogP contribution in [0.4, 0.5) is 4.79 Å². The first kappa shape index (κ1) is 21.8. The summed E-state index contributed by atoms with van der Waals surface area (Å²) in [5.74, 6) is -0.828. The topological polar surface area (TPSA) is 94.1 Å². The zero-order valence-corrected chi connectivity index (χ0v) is 16.8. The van der Waals surface area contributed by atoms with Gasteiger partial charge in [0, 0.05) is 25.7 Å². The number of ether oxygens (including phenoxy) is 3. The van der Waals surface area contributed by atoms with E-state index in [0.717, 1.165) is 0 Å². The van der Waals surface area contributed by atoms with Gasteiger partial charge in [0.1, 0.15) is 6.61 Å². The molecule has 0 fully saturated rings. The van der Waals surface area contributed by atoms with E-state index in [1.807, 2.05) is 24.3 Å². The van der Waals surface area contributed by atoms with Crippen molar-refractivity contribution in [3.8, 4) is 11.1 Å². The molecule has 0 aliphatic heterocycles. The Morgan fingerprint density at radius 1 is 0.867 bits per heavy atom. The molecule has 0 saturated heterocycles. The Balaban J connectivity index is 1.31. The lowest BCUT2D eigenvalue weighted by Gasteiger charge is -2.14. The van der Waals surface area contributed by atoms with E-state index in [-0.39, 0.29) is 25.6 Å². The largest absolute Gasteiger partial charge is 0.481 e. The summed E-state index contributed by atoms with van der Waals surface area (Å²) in [6.07, 6.45) is 0.215. The minimum atomic E-state index is -0.870. The zero-order valence-electron chi connectivity index (χ0n) is 16.8. The van der Waals surface area contributed by atoms with Crippen LogP contribution in [0.3, 0.4) is 0 Å². The third-order valence-corrected chi connectivity index (χ3v) is 4.90. The summed E-state index contributed by atoms with van der Waals surface area (Å²) in [7, 11) is 0. The molecule has 7 heteroatoms. The van der Waals surface area contributed by atoms with E-state index in [0.29, 0.717) is 32.8 Å². The summed E-state index contributed by atoms with van der Waals surface area (Å²) >= 11 is 0. The number of fused-ring (bicyclic) bond motifs is 3. The first-order valence-electron chi connectivity index (χ1n) is 10.1. The predicted octanol–water partition coefficient (Wildman–Crippen LogP) is 3.42. The van der Waals surface area contributed by atoms with Gasteiger partial charge in [-0.3, -0.25) is 4.79 Å². The molecule has 0 bridgehead atoms. The highest BCUT2D eigenvalue weighted by Crippen LogP contribution is 2.44. The van der Waals surface area contributed by atoms with Crippen LogP contribution in [0, 0.1) is 0 Å². The second kappa shape index (κ2) is 11.3. The molecule has 2 aromatic rings. The molecule has 160 valence electrons. The predicted molar refractivity (Wildman–Crippen MR) is 112 cm³/mol. The third kappa shape index (κ3) is 6.05. The van der Waals surface area contributed by atoms with Gasteiger partial charge < -0.3 is 24.6 Å². The SMILES string of the molecule is O=C(O)CCOCCCOCCNC(=O)OCC1c2ccccc2-c2ccccc21. The summed E-state index contributed by atoms with van der Waals surface area (Å²) in [5.41, 5.74) is 4.76. The van der Waals surface area contributed by atoms with Crippen molar-refractivity contribution < 1.29 is 28.9 Å². The van der Waals surface area contributed by atoms with Gasteiger partial charge >= 0.3 is 12.1 Å². The number of carbonyl (C=O) groups excluding carboxylic acids is 1. The maximum Gasteiger partial charge on any atom is 0.407 e. The molecule has 1 aliphatic rings. The van der Waals surface area contributed by atoms with Crippen molar-refractivity contribution in [1.82, 2.24) is 5.32 Å². The number of amides is 1. The van der Waals surface area contributed by atoms with Gasteiger partial charge in [-0.1, -0.05) is 48.5 Å². The molecular formula is C23H27NO6. The highest BCUT2D eigenvalue weighted by Gasteiger charge is 2.28. The van der Waals surface area contributed by atoms with Crippen LogP contribution in [0.2, 0.25) is 0 Å². The van der Waals surface area contributed by atoms with E-state index in [1.54, 1.807) is 0 Å². The number of carboxylic acid groups (broad SMARTS) is 1. The lowest BCUT2D eigenvalue weighted by molar-refractivity contribution is -0.138. The molecule has 0 saturated carbocycles. The number of nitrogens with one attached hydrogen (secondary N) is 1. The van der Waals surface area contributed by atoms with Gasteiger partial charge in [0.05, 0.1) is 19.6 Å². The van der Waals surface area contributed by atoms with Gasteiger partial charge in [-0.15, -0.1) is 0 Å². The summed E-state index contributed by atoms with van der Waals surface area (Å²) in [6, 6.07) is 16.4. The van der Waals surface area contributed by atoms with E-state index in [2.05, 4.69) is 29.6 Å². The number of benzene rings is 2. The fraction of sp³-hybridized carbons (Fsp3) is 0.391. The number of alkyl carbamates (subject to hydrolysis) is 1. The van der Waals surface area contributed by atoms with Gasteiger partial charge in [-0.25, -0.2) is 4.79 Å². The number of aliphatic carboxylic acids is 1. The number of hydrogen-bond donors (Lipinski definition) is 2. The lowest BCUT2D eigenvalue weighted by Crippen LogP contribution is -2.29. The van der Waals surface area contributed by atoms with Gasteiger partial charge in [-0.05, 0) is 28.7 Å². The Labute approximate surface area is 176 Å². The van der Waals surface area contributed by atoms with Crippen LogP contribution in [0.15, 0.2) is 48.5 Å². The Kier molecular flexibility index (Phi) is 8.23. The van der Waals surface area contributed by atoms with Crippen molar-refractivity contribution in [2.75, 3.05) is 39.6 Å². The summed E-state index contributed by atoms with van der Waals surface area (Å²) in [4.78, 5) is 22.4. The highest BCUT2D eigenvalue weighted by molar-refractivity contribution is 5.79. The van der Waals surface area contributed by atoms with Crippen LogP contribution in [0.1, 0.15) is 29.9 Å². The smallest absolute Gasteiger partial charge is 0.407 e. The summed E-state index contributed by atoms with van der Waals surface area (Å²) in [5, 5.41) is 11.2. The standard InChI is InChI=1S/C23H27NO6/c25-22(26)10-14-28-12-5-13-29-15-11-24-23(27)30-16-21-19-8-3-1-6-17(19)18-7-2-4-9-20(18)21/h1-4,6-9,21H,5,10-16H2,(H,24,27)(H,25,26). The van der Waals surface area contributed by atoms with Crippen molar-refractivity contribution >= 4 is 12.1 Å². The molecule has 0 atom stereocenters. The highest BCUT2D eigenvalue weighted by atomic mass is 16.5. The Hall–Kier alpha value is -2.90. The molecular weight excluding hydrogens is 386 g/mol. The van der Waals surface area contributed by atoms with Crippen LogP contribution in [0.5, 0.6) is 0 Å². The first-order valence-corrected chi connectivity index (χ1v) is 10.1. The van der Waals surface area contributed by atoms with Gasteiger partial charge in [-0.2, -0.15) is 0 Å². The van der Waals surface area contributed by atoms with E-state index >= 15 is 0 Å². The summed E-state index contributed by atoms with van der Waals surface area (Å²) in [6.45, 7) is 2.16. The second-order valence-corrected chi connectivity index (χ2v) is 6.97. The van der Waals surface area contributed by atoms with Crippen molar-refractivity contribution in [2.24, 2.45) is 0 Å². The maximum atomic E-state index is 12.0. The average molecular weight is 413 g/mol. The number of carbonyl (C=O) groups is 2. The van der Waals surface area contributed by atoms with Crippen LogP contribution >= 0.6 is 0 Å². The normalized spacial score (nSPS) is 12.3. The van der Waals surface area contributed by atoms with Crippen molar-refractivity contribution in [3.63, 3.8) is 0 Å². The Morgan fingerprint density at radius 2 is 1.47 bits per heavy atom. The second-order valence-electron chi connectivity index (χ2n) is 6.97. The number of rotatable bonds is 12. The van der Waals surface area contributed by atoms with E-state index in [1.165, 1.54) is 22.3 Å². The number of hydrogen-bond acceptors (Lipinski definition) is 5. The fourth-order valence-electron chi connectivity index (χ4n) is 3.50. The van der Waals surface area contributed by atoms with Crippen molar-refractivity contribution in [3.05, 3.63) is 59.7 Å². The molecule has 0 unspecified atom stereocenters. The molecule has 3 rings (SSSR count). The van der Waals surface area contributed by atoms with Gasteiger partial charge in [0.2, 0.25) is 0 Å². The van der Waals surface area contributed by atoms with E-state index in [4.69, 9.17) is 19.3 Å². The van der Waals surface area contributed by atoms with Gasteiger partial charge in [0.25, 0.3) is 0 Å². The Morgan fingerprint density at radius 3 is 2.10 bits per heavy atom. The molecule has 1 amide bonds. The third-order valence-electron chi connectivity index (χ3n) is 4.90. The molecule has 0 heterocycles. The molecule has 30 heavy (non-hydrogen) atoms. The van der Waals surface area contributed by atoms with Gasteiger partial charge in [0.15, 0.2) is 0 Å². The molecule has 2 N–H and O–H groups in total. The molecule has 0 spiro atoms. The van der Waals surface area contributed by atoms with Crippen LogP contribution < -0.4 is 5.32 Å². The summed E-state index contributed by atoms with van der Waals surface area (Å²) < 4.78 is 16.0. The molecule has 1 aliphatic carbocycles. The van der Waals surface area contributed by atoms with E-state index < -0.39 is 12.1 Å². The van der Waals surface area contributed by atoms with Crippen molar-refractivity contribution in [1.29, 1.82) is 0 Å². The number of carboxylic acids is 1. The van der Waals surface area contributed by atoms with Crippen LogP contribution in [-0.2, 0) is 19.0 Å². The first-order chi connectivity index (χ1) is 14.7. The molecule has 2 aromatic carbocycles. The molecule has 7 nitrogen and oxygen atoms in total. The van der Waals surface area contributed by atoms with Crippen LogP contribution in [-0.4, -0.2) is 56.7 Å². The minimum Gasteiger partial charge on any atom is -0.481 e. The van der Waals surface area contributed by atoms with Crippen LogP contribution in [0.25, 0.3) is 11.1 Å². The minimum absolute atomic E-state index is 0.00488. The average Bonchev–Trinajstić information content (AvgIpc) is 3.07. The Bertz CT molecular complexity index is 808. The monoisotopic (exact) mass is 413 g/mol. The lowest BCUT2D eigenvalue weighted by atomic mass is 9.98. The fourth-order valence-corrected chi connectivity index (χ4v) is 3.50. The zero-order chi connectivity index (χ0) is 21.2. The molecule has 0 aromatic heterocycles. The molecule has 0 radical (unpaired) electrons. The van der Waals surface area contributed by atoms with Crippen molar-refractivity contribution in [2.45, 2.75) is 18.8 Å². The van der Waals surface area contributed by atoms with E-state index in [9.17, 15) is 9.59 Å². The maximum absolute atomic E-state index is 12.0. The quantitative estimate of drug-likeness (QED) is 0.518.